The smallest absolute Gasteiger partial charge is 0.410 e. The van der Waals surface area contributed by atoms with Crippen molar-refractivity contribution in [2.75, 3.05) is 0 Å². The molecule has 0 aliphatic carbocycles. The summed E-state index contributed by atoms with van der Waals surface area (Å²) in [5, 5.41) is 0. The predicted molar refractivity (Wildman–Crippen MR) is 69.3 cm³/mol. The van der Waals surface area contributed by atoms with E-state index in [1.54, 1.807) is 4.90 Å². The maximum atomic E-state index is 12.0. The number of aryl methyl sites for hydroxylation is 1. The van der Waals surface area contributed by atoms with Gasteiger partial charge in [-0.25, -0.2) is 4.79 Å². The summed E-state index contributed by atoms with van der Waals surface area (Å²) in [6.45, 7) is 9.93. The fourth-order valence-corrected chi connectivity index (χ4v) is 1.78. The lowest BCUT2D eigenvalue weighted by Gasteiger charge is -2.29. The second kappa shape index (κ2) is 5.71. The van der Waals surface area contributed by atoms with Crippen molar-refractivity contribution in [2.24, 2.45) is 0 Å². The molecule has 3 heteroatoms. The van der Waals surface area contributed by atoms with Crippen LogP contribution < -0.4 is 4.74 Å². The Balaban J connectivity index is 2.73. The highest BCUT2D eigenvalue weighted by Gasteiger charge is 2.21. The van der Waals surface area contributed by atoms with Crippen LogP contribution in [0.4, 0.5) is 4.79 Å². The summed E-state index contributed by atoms with van der Waals surface area (Å²) in [6, 6.07) is 7.74. The van der Waals surface area contributed by atoms with Gasteiger partial charge in [0.1, 0.15) is 5.75 Å². The van der Waals surface area contributed by atoms with Gasteiger partial charge in [-0.15, -0.1) is 0 Å². The molecule has 0 bridgehead atoms. The molecule has 0 saturated carbocycles. The van der Waals surface area contributed by atoms with Gasteiger partial charge < -0.3 is 9.64 Å². The van der Waals surface area contributed by atoms with Gasteiger partial charge in [-0.05, 0) is 46.8 Å². The molecule has 1 amide bonds. The molecule has 0 aromatic heterocycles. The van der Waals surface area contributed by atoms with Gasteiger partial charge in [-0.3, -0.25) is 0 Å². The third-order valence-electron chi connectivity index (χ3n) is 2.55. The molecule has 1 aromatic carbocycles. The fraction of sp³-hybridized carbons (Fsp3) is 0.500. The van der Waals surface area contributed by atoms with E-state index in [-0.39, 0.29) is 18.2 Å². The van der Waals surface area contributed by atoms with Gasteiger partial charge in [0, 0.05) is 12.1 Å². The first-order chi connectivity index (χ1) is 7.91. The Morgan fingerprint density at radius 3 is 1.94 bits per heavy atom. The van der Waals surface area contributed by atoms with E-state index in [1.165, 1.54) is 0 Å². The van der Waals surface area contributed by atoms with Crippen molar-refractivity contribution in [2.45, 2.75) is 46.7 Å². The number of benzene rings is 1. The predicted octanol–water partition coefficient (Wildman–Crippen LogP) is 3.61. The van der Waals surface area contributed by atoms with Crippen molar-refractivity contribution in [3.8, 4) is 5.75 Å². The largest absolute Gasteiger partial charge is 0.415 e. The molecular formula is C14H21NO2. The summed E-state index contributed by atoms with van der Waals surface area (Å²) in [5.74, 6) is 0.590. The van der Waals surface area contributed by atoms with Gasteiger partial charge in [0.25, 0.3) is 0 Å². The molecule has 17 heavy (non-hydrogen) atoms. The van der Waals surface area contributed by atoms with Crippen LogP contribution >= 0.6 is 0 Å². The molecule has 0 saturated heterocycles. The number of carbonyl (C=O) groups excluding carboxylic acids is 1. The van der Waals surface area contributed by atoms with E-state index < -0.39 is 0 Å². The molecule has 0 heterocycles. The Kier molecular flexibility index (Phi) is 4.55. The van der Waals surface area contributed by atoms with Gasteiger partial charge in [0.05, 0.1) is 0 Å². The minimum Gasteiger partial charge on any atom is -0.410 e. The van der Waals surface area contributed by atoms with Crippen LogP contribution in [0.5, 0.6) is 5.75 Å². The van der Waals surface area contributed by atoms with Crippen molar-refractivity contribution in [3.63, 3.8) is 0 Å². The Bertz CT molecular complexity index is 360. The van der Waals surface area contributed by atoms with E-state index in [9.17, 15) is 4.79 Å². The van der Waals surface area contributed by atoms with Crippen LogP contribution in [-0.2, 0) is 0 Å². The van der Waals surface area contributed by atoms with E-state index in [0.717, 1.165) is 5.56 Å². The standard InChI is InChI=1S/C14H21NO2/c1-10(2)15(11(3)4)14(16)17-13-8-6-12(5)7-9-13/h6-11H,1-5H3. The Morgan fingerprint density at radius 1 is 1.06 bits per heavy atom. The molecule has 0 aliphatic heterocycles. The third-order valence-corrected chi connectivity index (χ3v) is 2.55. The van der Waals surface area contributed by atoms with Crippen molar-refractivity contribution >= 4 is 6.09 Å². The highest BCUT2D eigenvalue weighted by Crippen LogP contribution is 2.15. The number of amides is 1. The topological polar surface area (TPSA) is 29.5 Å². The number of nitrogens with zero attached hydrogens (tertiary/aromatic N) is 1. The molecule has 0 radical (unpaired) electrons. The molecule has 0 fully saturated rings. The zero-order chi connectivity index (χ0) is 13.0. The van der Waals surface area contributed by atoms with Crippen LogP contribution in [0.2, 0.25) is 0 Å². The maximum absolute atomic E-state index is 12.0. The quantitative estimate of drug-likeness (QED) is 0.801. The number of hydrogen-bond acceptors (Lipinski definition) is 2. The minimum atomic E-state index is -0.293. The highest BCUT2D eigenvalue weighted by molar-refractivity contribution is 5.71. The van der Waals surface area contributed by atoms with Crippen molar-refractivity contribution in [1.29, 1.82) is 0 Å². The molecule has 94 valence electrons. The lowest BCUT2D eigenvalue weighted by Crippen LogP contribution is -2.43. The summed E-state index contributed by atoms with van der Waals surface area (Å²) < 4.78 is 5.34. The SMILES string of the molecule is Cc1ccc(OC(=O)N(C(C)C)C(C)C)cc1. The minimum absolute atomic E-state index is 0.132. The van der Waals surface area contributed by atoms with Gasteiger partial charge in [-0.1, -0.05) is 17.7 Å². The Morgan fingerprint density at radius 2 is 1.53 bits per heavy atom. The van der Waals surface area contributed by atoms with E-state index in [4.69, 9.17) is 4.74 Å². The van der Waals surface area contributed by atoms with Gasteiger partial charge >= 0.3 is 6.09 Å². The average Bonchev–Trinajstić information content (AvgIpc) is 2.20. The van der Waals surface area contributed by atoms with Crippen LogP contribution in [0.15, 0.2) is 24.3 Å². The number of carbonyl (C=O) groups is 1. The average molecular weight is 235 g/mol. The highest BCUT2D eigenvalue weighted by atomic mass is 16.6. The van der Waals surface area contributed by atoms with E-state index in [2.05, 4.69) is 0 Å². The van der Waals surface area contributed by atoms with Crippen molar-refractivity contribution in [1.82, 2.24) is 4.90 Å². The Labute approximate surface area is 103 Å². The molecule has 0 aliphatic rings. The fourth-order valence-electron chi connectivity index (χ4n) is 1.78. The van der Waals surface area contributed by atoms with Crippen LogP contribution in [-0.4, -0.2) is 23.1 Å². The molecule has 0 unspecified atom stereocenters. The summed E-state index contributed by atoms with van der Waals surface area (Å²) in [4.78, 5) is 13.7. The maximum Gasteiger partial charge on any atom is 0.415 e. The van der Waals surface area contributed by atoms with Gasteiger partial charge in [0.2, 0.25) is 0 Å². The normalized spacial score (nSPS) is 10.8. The number of ether oxygens (including phenoxy) is 1. The summed E-state index contributed by atoms with van der Waals surface area (Å²) >= 11 is 0. The zero-order valence-electron chi connectivity index (χ0n) is 11.2. The monoisotopic (exact) mass is 235 g/mol. The summed E-state index contributed by atoms with van der Waals surface area (Å²) in [7, 11) is 0. The molecular weight excluding hydrogens is 214 g/mol. The number of rotatable bonds is 3. The van der Waals surface area contributed by atoms with E-state index >= 15 is 0 Å². The zero-order valence-corrected chi connectivity index (χ0v) is 11.2. The second-order valence-corrected chi connectivity index (χ2v) is 4.78. The van der Waals surface area contributed by atoms with Gasteiger partial charge in [0.15, 0.2) is 0 Å². The Hall–Kier alpha value is -1.51. The first-order valence-electron chi connectivity index (χ1n) is 5.98. The molecule has 1 rings (SSSR count). The second-order valence-electron chi connectivity index (χ2n) is 4.78. The molecule has 0 atom stereocenters. The van der Waals surface area contributed by atoms with Crippen molar-refractivity contribution in [3.05, 3.63) is 29.8 Å². The van der Waals surface area contributed by atoms with Crippen LogP contribution in [0.1, 0.15) is 33.3 Å². The lowest BCUT2D eigenvalue weighted by atomic mass is 10.2. The molecule has 1 aromatic rings. The van der Waals surface area contributed by atoms with Crippen LogP contribution in [0.3, 0.4) is 0 Å². The number of hydrogen-bond donors (Lipinski definition) is 0. The van der Waals surface area contributed by atoms with Crippen LogP contribution in [0, 0.1) is 6.92 Å². The molecule has 0 spiro atoms. The summed E-state index contributed by atoms with van der Waals surface area (Å²) in [5.41, 5.74) is 1.15. The van der Waals surface area contributed by atoms with Crippen molar-refractivity contribution < 1.29 is 9.53 Å². The third kappa shape index (κ3) is 3.77. The lowest BCUT2D eigenvalue weighted by molar-refractivity contribution is 0.122. The first kappa shape index (κ1) is 13.6. The molecule has 3 nitrogen and oxygen atoms in total. The van der Waals surface area contributed by atoms with E-state index in [1.807, 2.05) is 58.9 Å². The van der Waals surface area contributed by atoms with Gasteiger partial charge in [-0.2, -0.15) is 0 Å². The van der Waals surface area contributed by atoms with E-state index in [0.29, 0.717) is 5.75 Å². The van der Waals surface area contributed by atoms with Crippen LogP contribution in [0.25, 0.3) is 0 Å². The molecule has 0 N–H and O–H groups in total. The summed E-state index contributed by atoms with van der Waals surface area (Å²) in [6.07, 6.45) is -0.293. The first-order valence-corrected chi connectivity index (χ1v) is 5.98.